The van der Waals surface area contributed by atoms with Crippen LogP contribution in [0.3, 0.4) is 0 Å². The van der Waals surface area contributed by atoms with E-state index in [-0.39, 0.29) is 23.3 Å². The van der Waals surface area contributed by atoms with E-state index in [0.29, 0.717) is 22.3 Å². The minimum atomic E-state index is -2.56. The molecule has 0 atom stereocenters. The highest BCUT2D eigenvalue weighted by Crippen LogP contribution is 2.29. The van der Waals surface area contributed by atoms with Crippen molar-refractivity contribution in [2.45, 2.75) is 33.3 Å². The van der Waals surface area contributed by atoms with E-state index in [1.807, 2.05) is 0 Å². The van der Waals surface area contributed by atoms with Crippen molar-refractivity contribution in [2.24, 2.45) is 0 Å². The van der Waals surface area contributed by atoms with E-state index in [2.05, 4.69) is 0 Å². The van der Waals surface area contributed by atoms with E-state index >= 15 is 0 Å². The molecule has 7 heteroatoms. The van der Waals surface area contributed by atoms with Crippen LogP contribution in [0.15, 0.2) is 45.6 Å². The summed E-state index contributed by atoms with van der Waals surface area (Å²) in [5, 5.41) is 9.64. The van der Waals surface area contributed by atoms with E-state index in [1.54, 1.807) is 26.0 Å². The Morgan fingerprint density at radius 2 is 1.96 bits per heavy atom. The Labute approximate surface area is 159 Å². The molecule has 5 nitrogen and oxygen atoms in total. The molecule has 2 aromatic carbocycles. The maximum atomic E-state index is 12.8. The van der Waals surface area contributed by atoms with Crippen molar-refractivity contribution >= 4 is 16.9 Å². The van der Waals surface area contributed by atoms with Gasteiger partial charge < -0.3 is 14.3 Å². The Bertz CT molecular complexity index is 1100. The lowest BCUT2D eigenvalue weighted by molar-refractivity contribution is -0.136. The second kappa shape index (κ2) is 7.80. The summed E-state index contributed by atoms with van der Waals surface area (Å²) < 4.78 is 36.6. The van der Waals surface area contributed by atoms with Crippen LogP contribution in [0, 0.1) is 13.8 Å². The number of carbonyl (C=O) groups is 1. The molecule has 3 aromatic rings. The molecule has 0 aliphatic carbocycles. The second-order valence-corrected chi connectivity index (χ2v) is 6.51. The molecule has 0 radical (unpaired) electrons. The van der Waals surface area contributed by atoms with Crippen molar-refractivity contribution in [1.29, 1.82) is 0 Å². The molecule has 0 unspecified atom stereocenters. The minimum absolute atomic E-state index is 0.0752. The normalized spacial score (nSPS) is 11.2. The molecule has 1 heterocycles. The Morgan fingerprint density at radius 3 is 2.64 bits per heavy atom. The van der Waals surface area contributed by atoms with Crippen molar-refractivity contribution in [3.63, 3.8) is 0 Å². The molecule has 3 rings (SSSR count). The standard InChI is InChI=1S/C21H18F2O5/c1-11-6-15(27-10-13-4-3-5-14(7-13)20(22)23)8-17-19(11)12(2)16(9-18(24)25)21(26)28-17/h3-8,20H,9-10H2,1-2H3,(H,24,25). The van der Waals surface area contributed by atoms with Crippen LogP contribution >= 0.6 is 0 Å². The Morgan fingerprint density at radius 1 is 1.21 bits per heavy atom. The largest absolute Gasteiger partial charge is 0.489 e. The summed E-state index contributed by atoms with van der Waals surface area (Å²) >= 11 is 0. The van der Waals surface area contributed by atoms with Gasteiger partial charge in [-0.2, -0.15) is 0 Å². The van der Waals surface area contributed by atoms with E-state index in [9.17, 15) is 18.4 Å². The Kier molecular flexibility index (Phi) is 5.44. The monoisotopic (exact) mass is 388 g/mol. The van der Waals surface area contributed by atoms with Gasteiger partial charge in [-0.15, -0.1) is 0 Å². The summed E-state index contributed by atoms with van der Waals surface area (Å²) in [4.78, 5) is 23.1. The fourth-order valence-corrected chi connectivity index (χ4v) is 3.17. The predicted molar refractivity (Wildman–Crippen MR) is 99.0 cm³/mol. The number of hydrogen-bond donors (Lipinski definition) is 1. The van der Waals surface area contributed by atoms with Gasteiger partial charge in [-0.3, -0.25) is 4.79 Å². The van der Waals surface area contributed by atoms with Crippen molar-refractivity contribution in [2.75, 3.05) is 0 Å². The summed E-state index contributed by atoms with van der Waals surface area (Å²) in [6.07, 6.45) is -2.97. The molecule has 0 spiro atoms. The van der Waals surface area contributed by atoms with Crippen molar-refractivity contribution < 1.29 is 27.8 Å². The first-order valence-corrected chi connectivity index (χ1v) is 8.54. The third-order valence-electron chi connectivity index (χ3n) is 4.49. The molecular formula is C21H18F2O5. The molecule has 0 saturated carbocycles. The van der Waals surface area contributed by atoms with Gasteiger partial charge in [0.15, 0.2) is 0 Å². The lowest BCUT2D eigenvalue weighted by Crippen LogP contribution is -2.15. The van der Waals surface area contributed by atoms with Crippen LogP contribution in [-0.2, 0) is 17.8 Å². The molecule has 0 bridgehead atoms. The van der Waals surface area contributed by atoms with Gasteiger partial charge in [-0.1, -0.05) is 18.2 Å². The first kappa shape index (κ1) is 19.5. The number of ether oxygens (including phenoxy) is 1. The van der Waals surface area contributed by atoms with Crippen molar-refractivity contribution in [3.8, 4) is 5.75 Å². The number of benzene rings is 2. The summed E-state index contributed by atoms with van der Waals surface area (Å²) in [6.45, 7) is 3.55. The first-order chi connectivity index (χ1) is 13.3. The van der Waals surface area contributed by atoms with Gasteiger partial charge in [0.05, 0.1) is 12.0 Å². The van der Waals surface area contributed by atoms with Gasteiger partial charge in [-0.05, 0) is 42.7 Å². The molecular weight excluding hydrogens is 370 g/mol. The number of hydrogen-bond acceptors (Lipinski definition) is 4. The molecule has 0 aliphatic rings. The van der Waals surface area contributed by atoms with Gasteiger partial charge in [0.25, 0.3) is 6.43 Å². The van der Waals surface area contributed by atoms with Crippen LogP contribution < -0.4 is 10.4 Å². The topological polar surface area (TPSA) is 76.7 Å². The Hall–Kier alpha value is -3.22. The highest BCUT2D eigenvalue weighted by atomic mass is 19.3. The highest BCUT2D eigenvalue weighted by Gasteiger charge is 2.17. The van der Waals surface area contributed by atoms with E-state index in [1.165, 1.54) is 24.3 Å². The zero-order valence-corrected chi connectivity index (χ0v) is 15.3. The lowest BCUT2D eigenvalue weighted by Gasteiger charge is -2.12. The maximum Gasteiger partial charge on any atom is 0.340 e. The summed E-state index contributed by atoms with van der Waals surface area (Å²) in [6, 6.07) is 9.22. The Balaban J connectivity index is 1.93. The molecule has 0 fully saturated rings. The predicted octanol–water partition coefficient (Wildman–Crippen LogP) is 4.55. The SMILES string of the molecule is Cc1cc(OCc2cccc(C(F)F)c2)cc2oc(=O)c(CC(=O)O)c(C)c12. The number of alkyl halides is 2. The van der Waals surface area contributed by atoms with Gasteiger partial charge in [0.1, 0.15) is 17.9 Å². The quantitative estimate of drug-likeness (QED) is 0.627. The van der Waals surface area contributed by atoms with Crippen LogP contribution in [0.2, 0.25) is 0 Å². The zero-order chi connectivity index (χ0) is 20.4. The highest BCUT2D eigenvalue weighted by molar-refractivity contribution is 5.87. The molecule has 0 saturated heterocycles. The fraction of sp³-hybridized carbons (Fsp3) is 0.238. The number of halogens is 2. The maximum absolute atomic E-state index is 12.8. The summed E-state index contributed by atoms with van der Waals surface area (Å²) in [5.74, 6) is -0.695. The third kappa shape index (κ3) is 4.03. The number of carboxylic acid groups (broad SMARTS) is 1. The molecule has 28 heavy (non-hydrogen) atoms. The average Bonchev–Trinajstić information content (AvgIpc) is 2.63. The minimum Gasteiger partial charge on any atom is -0.489 e. The molecule has 1 N–H and O–H groups in total. The van der Waals surface area contributed by atoms with Gasteiger partial charge in [0.2, 0.25) is 0 Å². The number of rotatable bonds is 6. The van der Waals surface area contributed by atoms with Crippen LogP contribution in [0.25, 0.3) is 11.0 Å². The third-order valence-corrected chi connectivity index (χ3v) is 4.49. The summed E-state index contributed by atoms with van der Waals surface area (Å²) in [5.41, 5.74) is 1.51. The fourth-order valence-electron chi connectivity index (χ4n) is 3.17. The first-order valence-electron chi connectivity index (χ1n) is 8.54. The van der Waals surface area contributed by atoms with Crippen molar-refractivity contribution in [1.82, 2.24) is 0 Å². The second-order valence-electron chi connectivity index (χ2n) is 6.51. The van der Waals surface area contributed by atoms with Crippen LogP contribution in [0.5, 0.6) is 5.75 Å². The van der Waals surface area contributed by atoms with E-state index < -0.39 is 24.4 Å². The molecule has 1 aromatic heterocycles. The number of aryl methyl sites for hydroxylation is 2. The smallest absolute Gasteiger partial charge is 0.340 e. The van der Waals surface area contributed by atoms with Crippen LogP contribution in [-0.4, -0.2) is 11.1 Å². The number of carboxylic acids is 1. The van der Waals surface area contributed by atoms with E-state index in [4.69, 9.17) is 14.3 Å². The molecule has 0 aliphatic heterocycles. The van der Waals surface area contributed by atoms with Gasteiger partial charge in [-0.25, -0.2) is 13.6 Å². The average molecular weight is 388 g/mol. The van der Waals surface area contributed by atoms with E-state index in [0.717, 1.165) is 5.56 Å². The lowest BCUT2D eigenvalue weighted by atomic mass is 10.00. The van der Waals surface area contributed by atoms with Gasteiger partial charge in [0, 0.05) is 17.0 Å². The van der Waals surface area contributed by atoms with Crippen LogP contribution in [0.4, 0.5) is 8.78 Å². The van der Waals surface area contributed by atoms with Crippen LogP contribution in [0.1, 0.15) is 34.2 Å². The molecule has 0 amide bonds. The number of fused-ring (bicyclic) bond motifs is 1. The molecule has 146 valence electrons. The summed E-state index contributed by atoms with van der Waals surface area (Å²) in [7, 11) is 0. The zero-order valence-electron chi connectivity index (χ0n) is 15.3. The number of aliphatic carboxylic acids is 1. The van der Waals surface area contributed by atoms with Crippen molar-refractivity contribution in [3.05, 3.63) is 74.6 Å². The van der Waals surface area contributed by atoms with Gasteiger partial charge >= 0.3 is 11.6 Å².